The van der Waals surface area contributed by atoms with Crippen molar-refractivity contribution in [1.82, 2.24) is 20.9 Å². The first-order valence-corrected chi connectivity index (χ1v) is 23.1. The van der Waals surface area contributed by atoms with Gasteiger partial charge in [0.15, 0.2) is 23.0 Å². The number of carbonyl (C=O) groups excluding carboxylic acids is 4. The van der Waals surface area contributed by atoms with E-state index in [0.29, 0.717) is 45.9 Å². The highest BCUT2D eigenvalue weighted by molar-refractivity contribution is 8.05. The SMILES string of the molecule is O=C(CCCCCCCCC(=O)NN1C(=O)/C(=C\c2ccc(O)c(O)c2)SC1c1c(O)ccc2ccccc12)NN1C(=O)/C(=C/c2ccc(O)c(O)c2)SC1c1c(O)ccc2ccccc12. The highest BCUT2D eigenvalue weighted by Crippen LogP contribution is 2.51. The molecule has 66 heavy (non-hydrogen) atoms. The number of unbranched alkanes of at least 4 members (excludes halogenated alkanes) is 5. The highest BCUT2D eigenvalue weighted by atomic mass is 32.2. The van der Waals surface area contributed by atoms with Crippen LogP contribution in [-0.4, -0.2) is 64.3 Å². The minimum absolute atomic E-state index is 0.0380. The lowest BCUT2D eigenvalue weighted by molar-refractivity contribution is -0.138. The molecule has 2 aliphatic rings. The number of aromatic hydroxyl groups is 6. The normalized spacial score (nSPS) is 17.4. The summed E-state index contributed by atoms with van der Waals surface area (Å²) in [5.74, 6) is -3.12. The number of hydrogen-bond acceptors (Lipinski definition) is 12. The quantitative estimate of drug-likeness (QED) is 0.0274. The number of hydrazine groups is 2. The van der Waals surface area contributed by atoms with Gasteiger partial charge < -0.3 is 30.6 Å². The van der Waals surface area contributed by atoms with E-state index in [1.165, 1.54) is 34.3 Å². The third-order valence-corrected chi connectivity index (χ3v) is 13.8. The molecule has 0 radical (unpaired) electrons. The summed E-state index contributed by atoms with van der Waals surface area (Å²) in [6, 6.07) is 29.9. The number of benzene rings is 6. The van der Waals surface area contributed by atoms with Crippen molar-refractivity contribution >= 4 is 80.8 Å². The minimum Gasteiger partial charge on any atom is -0.508 e. The zero-order chi connectivity index (χ0) is 46.5. The molecular weight excluding hydrogens is 881 g/mol. The number of thioether (sulfide) groups is 2. The maximum atomic E-state index is 13.9. The van der Waals surface area contributed by atoms with Gasteiger partial charge in [0.1, 0.15) is 22.2 Å². The third kappa shape index (κ3) is 9.84. The van der Waals surface area contributed by atoms with Crippen molar-refractivity contribution < 1.29 is 49.8 Å². The Hall–Kier alpha value is -7.30. The number of fused-ring (bicyclic) bond motifs is 2. The molecule has 2 aliphatic heterocycles. The minimum atomic E-state index is -0.806. The zero-order valence-electron chi connectivity index (χ0n) is 35.4. The summed E-state index contributed by atoms with van der Waals surface area (Å²) in [4.78, 5) is 55.0. The number of phenolic OH excluding ortho intramolecular Hbond substituents is 6. The van der Waals surface area contributed by atoms with Crippen molar-refractivity contribution in [3.05, 3.63) is 141 Å². The van der Waals surface area contributed by atoms with Crippen LogP contribution in [0.15, 0.2) is 119 Å². The van der Waals surface area contributed by atoms with Crippen LogP contribution in [0.1, 0.15) is 84.4 Å². The molecule has 338 valence electrons. The van der Waals surface area contributed by atoms with Crippen LogP contribution in [0.25, 0.3) is 33.7 Å². The van der Waals surface area contributed by atoms with Crippen LogP contribution in [0.5, 0.6) is 34.5 Å². The van der Waals surface area contributed by atoms with Gasteiger partial charge in [0.2, 0.25) is 11.8 Å². The fourth-order valence-electron chi connectivity index (χ4n) is 7.99. The molecule has 16 heteroatoms. The molecule has 2 fully saturated rings. The van der Waals surface area contributed by atoms with Crippen LogP contribution in [-0.2, 0) is 19.2 Å². The fraction of sp³-hybridized carbons (Fsp3) is 0.200. The van der Waals surface area contributed by atoms with E-state index >= 15 is 0 Å². The van der Waals surface area contributed by atoms with Crippen molar-refractivity contribution in [2.45, 2.75) is 62.1 Å². The first-order chi connectivity index (χ1) is 31.9. The van der Waals surface area contributed by atoms with Crippen LogP contribution in [0.3, 0.4) is 0 Å². The number of nitrogens with zero attached hydrogens (tertiary/aromatic N) is 2. The molecule has 0 aromatic heterocycles. The number of carbonyl (C=O) groups is 4. The van der Waals surface area contributed by atoms with Gasteiger partial charge in [-0.1, -0.05) is 122 Å². The van der Waals surface area contributed by atoms with Crippen molar-refractivity contribution in [2.24, 2.45) is 0 Å². The van der Waals surface area contributed by atoms with E-state index in [-0.39, 0.29) is 69.0 Å². The van der Waals surface area contributed by atoms with Crippen molar-refractivity contribution in [3.8, 4) is 34.5 Å². The Labute approximate surface area is 387 Å². The van der Waals surface area contributed by atoms with Crippen LogP contribution in [0.4, 0.5) is 0 Å². The maximum Gasteiger partial charge on any atom is 0.280 e. The molecule has 2 saturated heterocycles. The van der Waals surface area contributed by atoms with Gasteiger partial charge in [0, 0.05) is 24.0 Å². The second-order valence-corrected chi connectivity index (χ2v) is 18.2. The van der Waals surface area contributed by atoms with E-state index in [9.17, 15) is 49.8 Å². The Morgan fingerprint density at radius 1 is 0.485 bits per heavy atom. The second kappa shape index (κ2) is 19.8. The van der Waals surface area contributed by atoms with Crippen molar-refractivity contribution in [3.63, 3.8) is 0 Å². The van der Waals surface area contributed by atoms with E-state index in [1.807, 2.05) is 48.5 Å². The number of amides is 4. The molecule has 0 bridgehead atoms. The zero-order valence-corrected chi connectivity index (χ0v) is 37.0. The summed E-state index contributed by atoms with van der Waals surface area (Å²) < 4.78 is 0. The summed E-state index contributed by atoms with van der Waals surface area (Å²) in [5, 5.41) is 65.8. The van der Waals surface area contributed by atoms with Gasteiger partial charge in [0.25, 0.3) is 11.8 Å². The molecule has 0 spiro atoms. The summed E-state index contributed by atoms with van der Waals surface area (Å²) in [7, 11) is 0. The fourth-order valence-corrected chi connectivity index (χ4v) is 10.5. The predicted octanol–water partition coefficient (Wildman–Crippen LogP) is 9.34. The Morgan fingerprint density at radius 3 is 1.27 bits per heavy atom. The van der Waals surface area contributed by atoms with Gasteiger partial charge in [-0.05, 0) is 94.1 Å². The smallest absolute Gasteiger partial charge is 0.280 e. The van der Waals surface area contributed by atoms with Gasteiger partial charge in [-0.3, -0.25) is 30.0 Å². The number of phenols is 6. The lowest BCUT2D eigenvalue weighted by Gasteiger charge is -2.25. The highest BCUT2D eigenvalue weighted by Gasteiger charge is 2.42. The van der Waals surface area contributed by atoms with Crippen molar-refractivity contribution in [2.75, 3.05) is 0 Å². The van der Waals surface area contributed by atoms with E-state index in [0.717, 1.165) is 60.0 Å². The van der Waals surface area contributed by atoms with E-state index in [2.05, 4.69) is 10.9 Å². The Morgan fingerprint density at radius 2 is 0.864 bits per heavy atom. The molecule has 0 saturated carbocycles. The number of rotatable bonds is 15. The monoisotopic (exact) mass is 926 g/mol. The number of hydrogen-bond donors (Lipinski definition) is 8. The van der Waals surface area contributed by atoms with E-state index in [1.54, 1.807) is 48.6 Å². The molecule has 2 unspecified atom stereocenters. The average Bonchev–Trinajstić information content (AvgIpc) is 3.76. The average molecular weight is 927 g/mol. The molecule has 6 aromatic carbocycles. The lowest BCUT2D eigenvalue weighted by Crippen LogP contribution is -2.44. The first kappa shape index (κ1) is 45.3. The Bertz CT molecular complexity index is 2740. The molecule has 14 nitrogen and oxygen atoms in total. The summed E-state index contributed by atoms with van der Waals surface area (Å²) in [6.07, 6.45) is 7.47. The molecular formula is C50H46N4O10S2. The van der Waals surface area contributed by atoms with Crippen LogP contribution < -0.4 is 10.9 Å². The third-order valence-electron chi connectivity index (χ3n) is 11.3. The van der Waals surface area contributed by atoms with E-state index < -0.39 is 22.6 Å². The maximum absolute atomic E-state index is 13.9. The molecule has 4 amide bonds. The topological polar surface area (TPSA) is 220 Å². The van der Waals surface area contributed by atoms with Gasteiger partial charge in [-0.2, -0.15) is 0 Å². The van der Waals surface area contributed by atoms with E-state index in [4.69, 9.17) is 0 Å². The Kier molecular flexibility index (Phi) is 13.6. The summed E-state index contributed by atoms with van der Waals surface area (Å²) >= 11 is 2.30. The lowest BCUT2D eigenvalue weighted by atomic mass is 10.0. The van der Waals surface area contributed by atoms with Crippen LogP contribution in [0, 0.1) is 0 Å². The van der Waals surface area contributed by atoms with Crippen molar-refractivity contribution in [1.29, 1.82) is 0 Å². The summed E-state index contributed by atoms with van der Waals surface area (Å²) in [5.41, 5.74) is 7.39. The number of nitrogens with one attached hydrogen (secondary N) is 2. The molecule has 8 rings (SSSR count). The van der Waals surface area contributed by atoms with Crippen LogP contribution in [0.2, 0.25) is 0 Å². The van der Waals surface area contributed by atoms with Gasteiger partial charge >= 0.3 is 0 Å². The summed E-state index contributed by atoms with van der Waals surface area (Å²) in [6.45, 7) is 0. The predicted molar refractivity (Wildman–Crippen MR) is 254 cm³/mol. The molecule has 2 atom stereocenters. The van der Waals surface area contributed by atoms with Crippen LogP contribution >= 0.6 is 23.5 Å². The largest absolute Gasteiger partial charge is 0.508 e. The molecule has 2 heterocycles. The standard InChI is InChI=1S/C50H46N4O10S2/c55-35-21-17-29(25-39(35)59)27-41-47(63)53(49(65-41)45-33-13-9-7-11-31(33)19-23-37(45)57)51-43(61)15-5-3-1-2-4-6-16-44(62)52-54-48(64)42(28-30-18-22-36(56)40(60)26-30)66-50(54)46-34-14-10-8-12-32(34)20-24-38(46)58/h7-14,17-28,49-50,55-60H,1-6,15-16H2,(H,51,61)(H,52,62)/b41-27-,42-28+. The Balaban J connectivity index is 0.849. The first-order valence-electron chi connectivity index (χ1n) is 21.3. The second-order valence-electron chi connectivity index (χ2n) is 15.9. The van der Waals surface area contributed by atoms with Gasteiger partial charge in [0.05, 0.1) is 9.81 Å². The molecule has 8 N–H and O–H groups in total. The molecule has 6 aromatic rings. The van der Waals surface area contributed by atoms with Gasteiger partial charge in [-0.25, -0.2) is 10.0 Å². The van der Waals surface area contributed by atoms with Gasteiger partial charge in [-0.15, -0.1) is 0 Å². The molecule has 0 aliphatic carbocycles.